The van der Waals surface area contributed by atoms with Crippen molar-refractivity contribution in [2.75, 3.05) is 27.9 Å². The Labute approximate surface area is 141 Å². The highest BCUT2D eigenvalue weighted by molar-refractivity contribution is 5.90. The number of hydrogen-bond acceptors (Lipinski definition) is 5. The standard InChI is InChI=1S/C17H23N3O4/c1-13(20-8-6-5-7-9-20)18-19-16(21)17(24-4)11-14(22-2)10-15(12-17)23-3/h5-8,10-11H,9,12H2,1-4H3,(H,19,21). The summed E-state index contributed by atoms with van der Waals surface area (Å²) in [6.45, 7) is 2.53. The molecule has 7 nitrogen and oxygen atoms in total. The first kappa shape index (κ1) is 17.8. The van der Waals surface area contributed by atoms with Crippen LogP contribution in [0.25, 0.3) is 0 Å². The number of hydrazone groups is 1. The zero-order valence-electron chi connectivity index (χ0n) is 14.4. The van der Waals surface area contributed by atoms with Crippen molar-refractivity contribution in [1.82, 2.24) is 10.3 Å². The lowest BCUT2D eigenvalue weighted by Crippen LogP contribution is -2.47. The summed E-state index contributed by atoms with van der Waals surface area (Å²) in [6.07, 6.45) is 11.4. The molecule has 2 aliphatic rings. The minimum absolute atomic E-state index is 0.264. The maximum absolute atomic E-state index is 12.7. The average Bonchev–Trinajstić information content (AvgIpc) is 2.65. The fourth-order valence-corrected chi connectivity index (χ4v) is 2.41. The summed E-state index contributed by atoms with van der Waals surface area (Å²) in [5.74, 6) is 1.37. The Hall–Kier alpha value is -2.54. The SMILES string of the molecule is COC1=CC(OC)(C(=O)NN=C(C)N2C=CC=CC2)CC(OC)=C1. The molecule has 0 saturated carbocycles. The van der Waals surface area contributed by atoms with Gasteiger partial charge in [0.1, 0.15) is 17.4 Å². The predicted molar refractivity (Wildman–Crippen MR) is 90.8 cm³/mol. The van der Waals surface area contributed by atoms with Gasteiger partial charge in [-0.3, -0.25) is 4.79 Å². The monoisotopic (exact) mass is 333 g/mol. The van der Waals surface area contributed by atoms with Gasteiger partial charge in [-0.05, 0) is 19.1 Å². The highest BCUT2D eigenvalue weighted by Gasteiger charge is 2.41. The molecule has 0 spiro atoms. The Morgan fingerprint density at radius 1 is 1.29 bits per heavy atom. The van der Waals surface area contributed by atoms with Gasteiger partial charge in [0.15, 0.2) is 5.60 Å². The number of carbonyl (C=O) groups excluding carboxylic acids is 1. The summed E-state index contributed by atoms with van der Waals surface area (Å²) >= 11 is 0. The van der Waals surface area contributed by atoms with Crippen LogP contribution in [-0.2, 0) is 19.0 Å². The zero-order valence-corrected chi connectivity index (χ0v) is 14.4. The van der Waals surface area contributed by atoms with Gasteiger partial charge in [0, 0.05) is 32.4 Å². The lowest BCUT2D eigenvalue weighted by molar-refractivity contribution is -0.139. The molecule has 0 bridgehead atoms. The molecule has 24 heavy (non-hydrogen) atoms. The molecule has 1 N–H and O–H groups in total. The molecule has 2 rings (SSSR count). The van der Waals surface area contributed by atoms with Crippen LogP contribution in [0.4, 0.5) is 0 Å². The van der Waals surface area contributed by atoms with Crippen LogP contribution in [0.2, 0.25) is 0 Å². The van der Waals surface area contributed by atoms with Crippen LogP contribution >= 0.6 is 0 Å². The van der Waals surface area contributed by atoms with Gasteiger partial charge >= 0.3 is 0 Å². The number of methoxy groups -OCH3 is 3. The van der Waals surface area contributed by atoms with Crippen LogP contribution in [-0.4, -0.2) is 50.1 Å². The van der Waals surface area contributed by atoms with Crippen molar-refractivity contribution in [2.45, 2.75) is 18.9 Å². The van der Waals surface area contributed by atoms with Gasteiger partial charge in [-0.2, -0.15) is 5.10 Å². The maximum Gasteiger partial charge on any atom is 0.276 e. The zero-order chi connectivity index (χ0) is 17.6. The van der Waals surface area contributed by atoms with Gasteiger partial charge < -0.3 is 19.1 Å². The number of amidine groups is 1. The van der Waals surface area contributed by atoms with Gasteiger partial charge in [-0.1, -0.05) is 12.2 Å². The van der Waals surface area contributed by atoms with Gasteiger partial charge in [0.25, 0.3) is 5.91 Å². The predicted octanol–water partition coefficient (Wildman–Crippen LogP) is 1.67. The van der Waals surface area contributed by atoms with Gasteiger partial charge in [0.2, 0.25) is 0 Å². The maximum atomic E-state index is 12.7. The van der Waals surface area contributed by atoms with E-state index in [0.29, 0.717) is 23.9 Å². The molecule has 1 amide bonds. The van der Waals surface area contributed by atoms with Gasteiger partial charge in [0.05, 0.1) is 14.2 Å². The van der Waals surface area contributed by atoms with Crippen LogP contribution in [0, 0.1) is 0 Å². The number of ether oxygens (including phenoxy) is 3. The van der Waals surface area contributed by atoms with E-state index in [1.165, 1.54) is 14.2 Å². The topological polar surface area (TPSA) is 72.4 Å². The molecule has 0 fully saturated rings. The van der Waals surface area contributed by atoms with Crippen LogP contribution in [0.15, 0.2) is 53.2 Å². The van der Waals surface area contributed by atoms with Crippen LogP contribution < -0.4 is 5.43 Å². The Morgan fingerprint density at radius 3 is 2.67 bits per heavy atom. The van der Waals surface area contributed by atoms with E-state index in [9.17, 15) is 4.79 Å². The smallest absolute Gasteiger partial charge is 0.276 e. The normalized spacial score (nSPS) is 23.5. The van der Waals surface area contributed by atoms with Crippen LogP contribution in [0.3, 0.4) is 0 Å². The number of nitrogens with zero attached hydrogens (tertiary/aromatic N) is 2. The average molecular weight is 333 g/mol. The number of allylic oxidation sites excluding steroid dienone is 3. The molecule has 0 radical (unpaired) electrons. The molecular weight excluding hydrogens is 310 g/mol. The van der Waals surface area contributed by atoms with E-state index in [-0.39, 0.29) is 6.42 Å². The summed E-state index contributed by atoms with van der Waals surface area (Å²) in [6, 6.07) is 0. The fourth-order valence-electron chi connectivity index (χ4n) is 2.41. The molecular formula is C17H23N3O4. The van der Waals surface area contributed by atoms with Crippen molar-refractivity contribution in [2.24, 2.45) is 5.10 Å². The molecule has 1 heterocycles. The molecule has 7 heteroatoms. The molecule has 0 saturated heterocycles. The van der Waals surface area contributed by atoms with E-state index in [1.54, 1.807) is 19.3 Å². The fraction of sp³-hybridized carbons (Fsp3) is 0.412. The summed E-state index contributed by atoms with van der Waals surface area (Å²) in [5, 5.41) is 4.17. The molecule has 0 aromatic heterocycles. The second-order valence-corrected chi connectivity index (χ2v) is 5.36. The van der Waals surface area contributed by atoms with Crippen LogP contribution in [0.5, 0.6) is 0 Å². The van der Waals surface area contributed by atoms with E-state index >= 15 is 0 Å². The minimum atomic E-state index is -1.23. The molecule has 1 aliphatic heterocycles. The summed E-state index contributed by atoms with van der Waals surface area (Å²) in [7, 11) is 4.54. The first-order valence-corrected chi connectivity index (χ1v) is 7.56. The van der Waals surface area contributed by atoms with E-state index < -0.39 is 11.5 Å². The first-order valence-electron chi connectivity index (χ1n) is 7.56. The quantitative estimate of drug-likeness (QED) is 0.471. The van der Waals surface area contributed by atoms with Crippen molar-refractivity contribution in [3.05, 3.63) is 48.1 Å². The van der Waals surface area contributed by atoms with Crippen molar-refractivity contribution in [3.63, 3.8) is 0 Å². The highest BCUT2D eigenvalue weighted by atomic mass is 16.5. The van der Waals surface area contributed by atoms with Crippen molar-refractivity contribution < 1.29 is 19.0 Å². The Kier molecular flexibility index (Phi) is 5.81. The van der Waals surface area contributed by atoms with E-state index in [2.05, 4.69) is 10.5 Å². The van der Waals surface area contributed by atoms with Gasteiger partial charge in [-0.25, -0.2) is 5.43 Å². The molecule has 0 aromatic carbocycles. The molecule has 0 aromatic rings. The van der Waals surface area contributed by atoms with E-state index in [1.807, 2.05) is 36.3 Å². The number of rotatable bonds is 5. The van der Waals surface area contributed by atoms with Crippen LogP contribution in [0.1, 0.15) is 13.3 Å². The van der Waals surface area contributed by atoms with Crippen molar-refractivity contribution in [1.29, 1.82) is 0 Å². The number of hydrogen-bond donors (Lipinski definition) is 1. The van der Waals surface area contributed by atoms with Crippen molar-refractivity contribution >= 4 is 11.7 Å². The summed E-state index contributed by atoms with van der Waals surface area (Å²) in [5.41, 5.74) is 1.34. The summed E-state index contributed by atoms with van der Waals surface area (Å²) in [4.78, 5) is 14.6. The Morgan fingerprint density at radius 2 is 2.08 bits per heavy atom. The number of carbonyl (C=O) groups is 1. The molecule has 1 atom stereocenters. The third kappa shape index (κ3) is 3.86. The third-order valence-corrected chi connectivity index (χ3v) is 3.91. The largest absolute Gasteiger partial charge is 0.501 e. The summed E-state index contributed by atoms with van der Waals surface area (Å²) < 4.78 is 16.0. The highest BCUT2D eigenvalue weighted by Crippen LogP contribution is 2.30. The van der Waals surface area contributed by atoms with E-state index in [0.717, 1.165) is 0 Å². The first-order chi connectivity index (χ1) is 11.5. The van der Waals surface area contributed by atoms with E-state index in [4.69, 9.17) is 14.2 Å². The second kappa shape index (κ2) is 7.83. The molecule has 1 unspecified atom stereocenters. The van der Waals surface area contributed by atoms with Gasteiger partial charge in [-0.15, -0.1) is 0 Å². The molecule has 1 aliphatic carbocycles. The third-order valence-electron chi connectivity index (χ3n) is 3.91. The number of amides is 1. The molecule has 130 valence electrons. The lowest BCUT2D eigenvalue weighted by atomic mass is 9.92. The Bertz CT molecular complexity index is 634. The lowest BCUT2D eigenvalue weighted by Gasteiger charge is -2.31. The minimum Gasteiger partial charge on any atom is -0.501 e. The second-order valence-electron chi connectivity index (χ2n) is 5.36. The number of nitrogens with one attached hydrogen (secondary N) is 1. The Balaban J connectivity index is 2.14. The van der Waals surface area contributed by atoms with Crippen molar-refractivity contribution in [3.8, 4) is 0 Å².